The van der Waals surface area contributed by atoms with Crippen molar-refractivity contribution < 1.29 is 0 Å². The Labute approximate surface area is 105 Å². The minimum Gasteiger partial charge on any atom is -0.324 e. The number of hydrogen-bond acceptors (Lipinski definition) is 4. The summed E-state index contributed by atoms with van der Waals surface area (Å²) in [5, 5.41) is 11.4. The van der Waals surface area contributed by atoms with E-state index in [4.69, 9.17) is 0 Å². The lowest BCUT2D eigenvalue weighted by atomic mass is 10.3. The predicted octanol–water partition coefficient (Wildman–Crippen LogP) is 2.48. The zero-order chi connectivity index (χ0) is 12.5. The number of anilines is 2. The van der Waals surface area contributed by atoms with Gasteiger partial charge in [-0.25, -0.2) is 9.38 Å². The Balaban J connectivity index is 2.08. The molecule has 0 aliphatic carbocycles. The van der Waals surface area contributed by atoms with Crippen LogP contribution in [0.5, 0.6) is 0 Å². The molecule has 0 spiro atoms. The third-order valence-corrected chi connectivity index (χ3v) is 2.72. The van der Waals surface area contributed by atoms with Crippen molar-refractivity contribution in [3.8, 4) is 0 Å². The lowest BCUT2D eigenvalue weighted by Gasteiger charge is -2.06. The van der Waals surface area contributed by atoms with Crippen molar-refractivity contribution in [2.45, 2.75) is 13.8 Å². The van der Waals surface area contributed by atoms with Gasteiger partial charge in [-0.2, -0.15) is 0 Å². The Morgan fingerprint density at radius 3 is 2.61 bits per heavy atom. The van der Waals surface area contributed by atoms with Crippen molar-refractivity contribution in [1.29, 1.82) is 0 Å². The molecule has 0 fully saturated rings. The summed E-state index contributed by atoms with van der Waals surface area (Å²) in [6, 6.07) is 11.9. The molecule has 0 atom stereocenters. The molecule has 18 heavy (non-hydrogen) atoms. The monoisotopic (exact) mass is 239 g/mol. The average molecular weight is 239 g/mol. The minimum atomic E-state index is 0.617. The van der Waals surface area contributed by atoms with Gasteiger partial charge in [0.1, 0.15) is 0 Å². The van der Waals surface area contributed by atoms with Crippen LogP contribution in [0.2, 0.25) is 0 Å². The van der Waals surface area contributed by atoms with Gasteiger partial charge >= 0.3 is 0 Å². The molecule has 3 rings (SSSR count). The van der Waals surface area contributed by atoms with Crippen molar-refractivity contribution in [2.24, 2.45) is 0 Å². The first kappa shape index (κ1) is 10.7. The largest absolute Gasteiger partial charge is 0.324 e. The van der Waals surface area contributed by atoms with E-state index in [2.05, 4.69) is 20.5 Å². The first-order valence-electron chi connectivity index (χ1n) is 5.75. The second kappa shape index (κ2) is 4.10. The molecule has 1 aromatic carbocycles. The Kier molecular flexibility index (Phi) is 2.44. The summed E-state index contributed by atoms with van der Waals surface area (Å²) < 4.78 is 1.90. The van der Waals surface area contributed by atoms with Crippen LogP contribution in [0, 0.1) is 13.8 Å². The first-order valence-corrected chi connectivity index (χ1v) is 5.75. The summed E-state index contributed by atoms with van der Waals surface area (Å²) in [4.78, 5) is 4.35. The van der Waals surface area contributed by atoms with E-state index in [0.717, 1.165) is 17.1 Å². The summed E-state index contributed by atoms with van der Waals surface area (Å²) in [5.74, 6) is 1.30. The third kappa shape index (κ3) is 1.79. The van der Waals surface area contributed by atoms with Gasteiger partial charge in [-0.1, -0.05) is 18.2 Å². The van der Waals surface area contributed by atoms with Gasteiger partial charge in [0.15, 0.2) is 0 Å². The van der Waals surface area contributed by atoms with Crippen molar-refractivity contribution in [3.63, 3.8) is 0 Å². The van der Waals surface area contributed by atoms with Crippen LogP contribution in [-0.2, 0) is 0 Å². The third-order valence-electron chi connectivity index (χ3n) is 2.72. The molecule has 5 heteroatoms. The number of aryl methyl sites for hydroxylation is 2. The second-order valence-electron chi connectivity index (χ2n) is 4.19. The van der Waals surface area contributed by atoms with Crippen molar-refractivity contribution in [2.75, 3.05) is 5.32 Å². The maximum atomic E-state index is 4.35. The van der Waals surface area contributed by atoms with Gasteiger partial charge in [-0.15, -0.1) is 10.2 Å². The fourth-order valence-electron chi connectivity index (χ4n) is 1.96. The number of nitrogens with zero attached hydrogens (tertiary/aromatic N) is 4. The summed E-state index contributed by atoms with van der Waals surface area (Å²) in [5.41, 5.74) is 2.98. The minimum absolute atomic E-state index is 0.617. The normalized spacial score (nSPS) is 10.8. The average Bonchev–Trinajstić information content (AvgIpc) is 2.73. The Hall–Kier alpha value is -2.43. The van der Waals surface area contributed by atoms with Crippen LogP contribution < -0.4 is 5.32 Å². The molecule has 5 nitrogen and oxygen atoms in total. The number of benzene rings is 1. The SMILES string of the molecule is Cc1cc(C)n2c(Nc3ccccc3)nnc2n1. The number of nitrogens with one attached hydrogen (secondary N) is 1. The van der Waals surface area contributed by atoms with E-state index in [1.165, 1.54) is 0 Å². The molecular weight excluding hydrogens is 226 g/mol. The van der Waals surface area contributed by atoms with Gasteiger partial charge in [0.2, 0.25) is 5.95 Å². The highest BCUT2D eigenvalue weighted by molar-refractivity contribution is 5.55. The van der Waals surface area contributed by atoms with Crippen LogP contribution in [-0.4, -0.2) is 19.6 Å². The van der Waals surface area contributed by atoms with Crippen molar-refractivity contribution >= 4 is 17.4 Å². The fourth-order valence-corrected chi connectivity index (χ4v) is 1.96. The molecule has 0 aliphatic rings. The second-order valence-corrected chi connectivity index (χ2v) is 4.19. The van der Waals surface area contributed by atoms with E-state index < -0.39 is 0 Å². The molecule has 0 saturated carbocycles. The number of para-hydroxylation sites is 1. The number of aromatic nitrogens is 4. The smallest absolute Gasteiger partial charge is 0.256 e. The zero-order valence-corrected chi connectivity index (χ0v) is 10.3. The number of fused-ring (bicyclic) bond motifs is 1. The molecule has 0 amide bonds. The molecule has 0 bridgehead atoms. The standard InChI is InChI=1S/C13H13N5/c1-9-8-10(2)18-12(14-9)16-17-13(18)15-11-6-4-3-5-7-11/h3-8H,1-2H3,(H,15,17). The van der Waals surface area contributed by atoms with Gasteiger partial charge in [0.25, 0.3) is 5.78 Å². The van der Waals surface area contributed by atoms with Gasteiger partial charge in [-0.05, 0) is 32.0 Å². The molecule has 2 aromatic heterocycles. The summed E-state index contributed by atoms with van der Waals surface area (Å²) in [6.45, 7) is 3.97. The van der Waals surface area contributed by atoms with Crippen molar-refractivity contribution in [1.82, 2.24) is 19.6 Å². The molecule has 3 aromatic rings. The predicted molar refractivity (Wildman–Crippen MR) is 70.0 cm³/mol. The van der Waals surface area contributed by atoms with Crippen LogP contribution in [0.25, 0.3) is 5.78 Å². The Morgan fingerprint density at radius 1 is 1.06 bits per heavy atom. The zero-order valence-electron chi connectivity index (χ0n) is 10.3. The van der Waals surface area contributed by atoms with E-state index >= 15 is 0 Å². The van der Waals surface area contributed by atoms with Crippen LogP contribution in [0.3, 0.4) is 0 Å². The van der Waals surface area contributed by atoms with Gasteiger partial charge in [0.05, 0.1) is 0 Å². The molecule has 0 saturated heterocycles. The Morgan fingerprint density at radius 2 is 1.83 bits per heavy atom. The highest BCUT2D eigenvalue weighted by Gasteiger charge is 2.09. The van der Waals surface area contributed by atoms with Crippen LogP contribution in [0.15, 0.2) is 36.4 Å². The van der Waals surface area contributed by atoms with E-state index in [0.29, 0.717) is 11.7 Å². The molecular formula is C13H13N5. The van der Waals surface area contributed by atoms with Gasteiger partial charge in [-0.3, -0.25) is 0 Å². The Bertz CT molecular complexity index is 687. The number of rotatable bonds is 2. The van der Waals surface area contributed by atoms with Gasteiger partial charge in [0, 0.05) is 17.1 Å². The summed E-state index contributed by atoms with van der Waals surface area (Å²) >= 11 is 0. The molecule has 1 N–H and O–H groups in total. The van der Waals surface area contributed by atoms with E-state index in [1.54, 1.807) is 0 Å². The maximum absolute atomic E-state index is 4.35. The van der Waals surface area contributed by atoms with E-state index in [-0.39, 0.29) is 0 Å². The molecule has 0 aliphatic heterocycles. The van der Waals surface area contributed by atoms with Crippen LogP contribution in [0.1, 0.15) is 11.4 Å². The van der Waals surface area contributed by atoms with Gasteiger partial charge < -0.3 is 5.32 Å². The topological polar surface area (TPSA) is 55.1 Å². The van der Waals surface area contributed by atoms with E-state index in [9.17, 15) is 0 Å². The maximum Gasteiger partial charge on any atom is 0.256 e. The molecule has 90 valence electrons. The number of hydrogen-bond donors (Lipinski definition) is 1. The molecule has 0 radical (unpaired) electrons. The fraction of sp³-hybridized carbons (Fsp3) is 0.154. The lowest BCUT2D eigenvalue weighted by Crippen LogP contribution is -2.01. The van der Waals surface area contributed by atoms with Crippen LogP contribution in [0.4, 0.5) is 11.6 Å². The van der Waals surface area contributed by atoms with E-state index in [1.807, 2.05) is 54.6 Å². The summed E-state index contributed by atoms with van der Waals surface area (Å²) in [7, 11) is 0. The quantitative estimate of drug-likeness (QED) is 0.746. The molecule has 2 heterocycles. The molecule has 0 unspecified atom stereocenters. The van der Waals surface area contributed by atoms with Crippen molar-refractivity contribution in [3.05, 3.63) is 47.8 Å². The summed E-state index contributed by atoms with van der Waals surface area (Å²) in [6.07, 6.45) is 0. The lowest BCUT2D eigenvalue weighted by molar-refractivity contribution is 1.02. The first-order chi connectivity index (χ1) is 8.74. The highest BCUT2D eigenvalue weighted by Crippen LogP contribution is 2.16. The van der Waals surface area contributed by atoms with Crippen LogP contribution >= 0.6 is 0 Å². The highest BCUT2D eigenvalue weighted by atomic mass is 15.4.